The van der Waals surface area contributed by atoms with Gasteiger partial charge in [-0.1, -0.05) is 15.9 Å². The Morgan fingerprint density at radius 3 is 1.92 bits per heavy atom. The first kappa shape index (κ1) is 20.0. The minimum absolute atomic E-state index is 0.0683. The van der Waals surface area contributed by atoms with Crippen LogP contribution in [-0.4, -0.2) is 23.8 Å². The predicted molar refractivity (Wildman–Crippen MR) is 105 cm³/mol. The van der Waals surface area contributed by atoms with Gasteiger partial charge >= 0.3 is 0 Å². The molecule has 0 aromatic heterocycles. The molecule has 26 heavy (non-hydrogen) atoms. The fourth-order valence-electron chi connectivity index (χ4n) is 2.33. The Morgan fingerprint density at radius 2 is 1.46 bits per heavy atom. The van der Waals surface area contributed by atoms with Gasteiger partial charge in [0.1, 0.15) is 11.5 Å². The molecule has 136 valence electrons. The normalized spacial score (nSPS) is 11.4. The van der Waals surface area contributed by atoms with Crippen molar-refractivity contribution < 1.29 is 14.3 Å². The first-order valence-electron chi connectivity index (χ1n) is 8.64. The lowest BCUT2D eigenvalue weighted by Crippen LogP contribution is -2.09. The molecule has 0 radical (unpaired) electrons. The Balaban J connectivity index is 1.59. The van der Waals surface area contributed by atoms with Crippen molar-refractivity contribution in [3.8, 4) is 17.6 Å². The fraction of sp³-hybridized carbons (Fsp3) is 0.333. The molecule has 0 aliphatic heterocycles. The van der Waals surface area contributed by atoms with E-state index in [1.54, 1.807) is 24.3 Å². The van der Waals surface area contributed by atoms with Crippen LogP contribution in [0.25, 0.3) is 0 Å². The largest absolute Gasteiger partial charge is 0.494 e. The van der Waals surface area contributed by atoms with E-state index in [0.717, 1.165) is 30.8 Å². The summed E-state index contributed by atoms with van der Waals surface area (Å²) in [4.78, 5) is 11.7. The second-order valence-corrected chi connectivity index (χ2v) is 7.27. The Labute approximate surface area is 162 Å². The molecule has 0 aliphatic rings. The fourth-order valence-corrected chi connectivity index (χ4v) is 2.60. The number of benzene rings is 2. The maximum absolute atomic E-state index is 11.8. The summed E-state index contributed by atoms with van der Waals surface area (Å²) in [6, 6.07) is 16.5. The van der Waals surface area contributed by atoms with E-state index in [1.807, 2.05) is 31.2 Å². The van der Waals surface area contributed by atoms with Gasteiger partial charge in [0.2, 0.25) is 0 Å². The smallest absolute Gasteiger partial charge is 0.176 e. The predicted octanol–water partition coefficient (Wildman–Crippen LogP) is 5.15. The van der Waals surface area contributed by atoms with Crippen LogP contribution in [0.1, 0.15) is 42.1 Å². The summed E-state index contributed by atoms with van der Waals surface area (Å²) in [6.07, 6.45) is 2.89. The van der Waals surface area contributed by atoms with Crippen LogP contribution in [0.4, 0.5) is 0 Å². The summed E-state index contributed by atoms with van der Waals surface area (Å²) in [7, 11) is 0. The first-order chi connectivity index (χ1) is 12.6. The highest BCUT2D eigenvalue weighted by atomic mass is 79.9. The molecule has 2 aromatic carbocycles. The molecule has 0 saturated carbocycles. The topological polar surface area (TPSA) is 59.3 Å². The maximum Gasteiger partial charge on any atom is 0.176 e. The summed E-state index contributed by atoms with van der Waals surface area (Å²) in [5.41, 5.74) is 1.32. The molecule has 0 N–H and O–H groups in total. The zero-order valence-corrected chi connectivity index (χ0v) is 16.4. The molecule has 1 atom stereocenters. The van der Waals surface area contributed by atoms with Crippen molar-refractivity contribution in [2.45, 2.75) is 31.0 Å². The van der Waals surface area contributed by atoms with E-state index in [-0.39, 0.29) is 10.6 Å². The molecule has 0 spiro atoms. The van der Waals surface area contributed by atoms with Crippen molar-refractivity contribution in [1.82, 2.24) is 0 Å². The van der Waals surface area contributed by atoms with Crippen molar-refractivity contribution in [3.63, 3.8) is 0 Å². The number of ether oxygens (including phenoxy) is 2. The number of halogens is 1. The standard InChI is InChI=1S/C21H22BrNO3/c1-16(22)21(24)18-7-11-20(12-8-18)26-14-4-2-3-13-25-19-9-5-17(15-23)6-10-19/h5-12,16H,2-4,13-14H2,1H3. The third kappa shape index (κ3) is 6.53. The minimum atomic E-state index is -0.180. The summed E-state index contributed by atoms with van der Waals surface area (Å²) >= 11 is 3.28. The first-order valence-corrected chi connectivity index (χ1v) is 9.56. The molecule has 4 nitrogen and oxygen atoms in total. The Kier molecular flexibility index (Phi) is 8.17. The molecule has 2 rings (SSSR count). The van der Waals surface area contributed by atoms with Crippen LogP contribution in [0.5, 0.6) is 11.5 Å². The van der Waals surface area contributed by atoms with E-state index in [9.17, 15) is 4.79 Å². The van der Waals surface area contributed by atoms with Crippen molar-refractivity contribution in [2.75, 3.05) is 13.2 Å². The zero-order valence-electron chi connectivity index (χ0n) is 14.8. The molecule has 0 aliphatic carbocycles. The lowest BCUT2D eigenvalue weighted by atomic mass is 10.1. The van der Waals surface area contributed by atoms with Gasteiger partial charge in [0.05, 0.1) is 29.7 Å². The Bertz CT molecular complexity index is 733. The average Bonchev–Trinajstić information content (AvgIpc) is 2.67. The van der Waals surface area contributed by atoms with Gasteiger partial charge in [-0.05, 0) is 74.7 Å². The SMILES string of the molecule is CC(Br)C(=O)c1ccc(OCCCCCOc2ccc(C#N)cc2)cc1. The molecule has 0 amide bonds. The molecule has 0 saturated heterocycles. The molecule has 2 aromatic rings. The highest BCUT2D eigenvalue weighted by Crippen LogP contribution is 2.16. The molecule has 0 heterocycles. The van der Waals surface area contributed by atoms with E-state index in [0.29, 0.717) is 24.3 Å². The number of alkyl halides is 1. The van der Waals surface area contributed by atoms with E-state index in [1.165, 1.54) is 0 Å². The number of nitrogens with zero attached hydrogens (tertiary/aromatic N) is 1. The van der Waals surface area contributed by atoms with E-state index in [4.69, 9.17) is 14.7 Å². The van der Waals surface area contributed by atoms with Crippen LogP contribution in [0, 0.1) is 11.3 Å². The number of nitriles is 1. The molecular formula is C21H22BrNO3. The maximum atomic E-state index is 11.8. The summed E-state index contributed by atoms with van der Waals surface area (Å²) in [5.74, 6) is 1.63. The van der Waals surface area contributed by atoms with Gasteiger partial charge < -0.3 is 9.47 Å². The van der Waals surface area contributed by atoms with Crippen molar-refractivity contribution in [1.29, 1.82) is 5.26 Å². The zero-order chi connectivity index (χ0) is 18.8. The second kappa shape index (κ2) is 10.6. The van der Waals surface area contributed by atoms with Crippen LogP contribution in [0.15, 0.2) is 48.5 Å². The highest BCUT2D eigenvalue weighted by Gasteiger charge is 2.11. The van der Waals surface area contributed by atoms with Crippen LogP contribution in [-0.2, 0) is 0 Å². The lowest BCUT2D eigenvalue weighted by Gasteiger charge is -2.08. The summed E-state index contributed by atoms with van der Waals surface area (Å²) < 4.78 is 11.3. The van der Waals surface area contributed by atoms with Gasteiger partial charge in [-0.15, -0.1) is 0 Å². The van der Waals surface area contributed by atoms with Gasteiger partial charge in [-0.25, -0.2) is 0 Å². The number of ketones is 1. The van der Waals surface area contributed by atoms with Crippen molar-refractivity contribution in [3.05, 3.63) is 59.7 Å². The lowest BCUT2D eigenvalue weighted by molar-refractivity contribution is 0.0996. The Morgan fingerprint density at radius 1 is 0.962 bits per heavy atom. The molecule has 0 bridgehead atoms. The highest BCUT2D eigenvalue weighted by molar-refractivity contribution is 9.10. The van der Waals surface area contributed by atoms with Gasteiger partial charge in [0.25, 0.3) is 0 Å². The van der Waals surface area contributed by atoms with Gasteiger partial charge in [0.15, 0.2) is 5.78 Å². The van der Waals surface area contributed by atoms with E-state index in [2.05, 4.69) is 22.0 Å². The molecular weight excluding hydrogens is 394 g/mol. The third-order valence-electron chi connectivity index (χ3n) is 3.81. The van der Waals surface area contributed by atoms with E-state index >= 15 is 0 Å². The number of unbranched alkanes of at least 4 members (excludes halogenated alkanes) is 2. The monoisotopic (exact) mass is 415 g/mol. The number of carbonyl (C=O) groups is 1. The van der Waals surface area contributed by atoms with Crippen LogP contribution >= 0.6 is 15.9 Å². The number of carbonyl (C=O) groups excluding carboxylic acids is 1. The molecule has 0 fully saturated rings. The van der Waals surface area contributed by atoms with Gasteiger partial charge in [0, 0.05) is 5.56 Å². The molecule has 1 unspecified atom stereocenters. The second-order valence-electron chi connectivity index (χ2n) is 5.90. The number of hydrogen-bond donors (Lipinski definition) is 0. The van der Waals surface area contributed by atoms with Gasteiger partial charge in [-0.2, -0.15) is 5.26 Å². The molecule has 5 heteroatoms. The Hall–Kier alpha value is -2.32. The van der Waals surface area contributed by atoms with E-state index < -0.39 is 0 Å². The van der Waals surface area contributed by atoms with Crippen LogP contribution < -0.4 is 9.47 Å². The van der Waals surface area contributed by atoms with Crippen LogP contribution in [0.2, 0.25) is 0 Å². The number of Topliss-reactive ketones (excluding diaryl/α,β-unsaturated/α-hetero) is 1. The third-order valence-corrected chi connectivity index (χ3v) is 4.23. The van der Waals surface area contributed by atoms with Crippen molar-refractivity contribution in [2.24, 2.45) is 0 Å². The van der Waals surface area contributed by atoms with Crippen LogP contribution in [0.3, 0.4) is 0 Å². The quantitative estimate of drug-likeness (QED) is 0.305. The minimum Gasteiger partial charge on any atom is -0.494 e. The summed E-state index contributed by atoms with van der Waals surface area (Å²) in [6.45, 7) is 3.10. The summed E-state index contributed by atoms with van der Waals surface area (Å²) in [5, 5.41) is 8.75. The average molecular weight is 416 g/mol. The number of hydrogen-bond acceptors (Lipinski definition) is 4. The van der Waals surface area contributed by atoms with Gasteiger partial charge in [-0.3, -0.25) is 4.79 Å². The number of rotatable bonds is 10. The van der Waals surface area contributed by atoms with Crippen molar-refractivity contribution >= 4 is 21.7 Å².